The van der Waals surface area contributed by atoms with Crippen LogP contribution in [0, 0.1) is 5.92 Å². The summed E-state index contributed by atoms with van der Waals surface area (Å²) in [6, 6.07) is 8.83. The first-order valence-electron chi connectivity index (χ1n) is 5.00. The number of aliphatic hydroxyl groups is 1. The summed E-state index contributed by atoms with van der Waals surface area (Å²) in [6.07, 6.45) is -0.857. The molecule has 0 aliphatic rings. The third kappa shape index (κ3) is 2.80. The summed E-state index contributed by atoms with van der Waals surface area (Å²) < 4.78 is 0. The van der Waals surface area contributed by atoms with Crippen molar-refractivity contribution in [3.8, 4) is 0 Å². The number of aliphatic carboxylic acids is 1. The number of rotatable bonds is 4. The van der Waals surface area contributed by atoms with E-state index >= 15 is 0 Å². The first-order chi connectivity index (χ1) is 7.04. The largest absolute Gasteiger partial charge is 0.481 e. The standard InChI is InChI=1S/C12H16O3/c1-8(2)11(13)10(12(14)15)9-6-4-3-5-7-9/h3-8,10-11,13H,1-2H3,(H,14,15)/t10-,11+/m1/s1. The zero-order chi connectivity index (χ0) is 11.4. The second-order valence-corrected chi connectivity index (χ2v) is 3.96. The van der Waals surface area contributed by atoms with Crippen LogP contribution in [0.3, 0.4) is 0 Å². The van der Waals surface area contributed by atoms with Crippen molar-refractivity contribution < 1.29 is 15.0 Å². The fraction of sp³-hybridized carbons (Fsp3) is 0.417. The molecular weight excluding hydrogens is 192 g/mol. The van der Waals surface area contributed by atoms with Gasteiger partial charge >= 0.3 is 5.97 Å². The predicted molar refractivity (Wildman–Crippen MR) is 57.7 cm³/mol. The van der Waals surface area contributed by atoms with Crippen LogP contribution < -0.4 is 0 Å². The van der Waals surface area contributed by atoms with Crippen molar-refractivity contribution in [1.82, 2.24) is 0 Å². The van der Waals surface area contributed by atoms with Crippen molar-refractivity contribution in [2.24, 2.45) is 5.92 Å². The molecule has 0 bridgehead atoms. The Morgan fingerprint density at radius 1 is 1.20 bits per heavy atom. The van der Waals surface area contributed by atoms with Crippen molar-refractivity contribution in [1.29, 1.82) is 0 Å². The highest BCUT2D eigenvalue weighted by molar-refractivity contribution is 5.76. The van der Waals surface area contributed by atoms with Crippen LogP contribution >= 0.6 is 0 Å². The Kier molecular flexibility index (Phi) is 3.86. The Bertz CT molecular complexity index is 319. The Morgan fingerprint density at radius 3 is 2.13 bits per heavy atom. The predicted octanol–water partition coefficient (Wildman–Crippen LogP) is 1.87. The Morgan fingerprint density at radius 2 is 1.73 bits per heavy atom. The highest BCUT2D eigenvalue weighted by Crippen LogP contribution is 2.24. The van der Waals surface area contributed by atoms with Gasteiger partial charge in [-0.1, -0.05) is 44.2 Å². The minimum Gasteiger partial charge on any atom is -0.481 e. The fourth-order valence-electron chi connectivity index (χ4n) is 1.53. The minimum atomic E-state index is -0.984. The van der Waals surface area contributed by atoms with Crippen molar-refractivity contribution in [3.05, 3.63) is 35.9 Å². The van der Waals surface area contributed by atoms with Crippen LogP contribution in [-0.4, -0.2) is 22.3 Å². The molecule has 3 heteroatoms. The molecule has 0 aliphatic carbocycles. The van der Waals surface area contributed by atoms with E-state index in [1.807, 2.05) is 19.9 Å². The van der Waals surface area contributed by atoms with E-state index in [1.165, 1.54) is 0 Å². The van der Waals surface area contributed by atoms with Gasteiger partial charge in [0.1, 0.15) is 5.92 Å². The topological polar surface area (TPSA) is 57.5 Å². The van der Waals surface area contributed by atoms with Gasteiger partial charge in [0.05, 0.1) is 6.10 Å². The van der Waals surface area contributed by atoms with Crippen molar-refractivity contribution in [2.45, 2.75) is 25.9 Å². The number of hydrogen-bond acceptors (Lipinski definition) is 2. The maximum absolute atomic E-state index is 11.1. The van der Waals surface area contributed by atoms with E-state index in [9.17, 15) is 9.90 Å². The molecule has 2 N–H and O–H groups in total. The molecule has 0 saturated carbocycles. The third-order valence-corrected chi connectivity index (χ3v) is 2.45. The number of aliphatic hydroxyl groups excluding tert-OH is 1. The number of benzene rings is 1. The lowest BCUT2D eigenvalue weighted by molar-refractivity contribution is -0.142. The highest BCUT2D eigenvalue weighted by Gasteiger charge is 2.29. The maximum atomic E-state index is 11.1. The molecule has 0 fully saturated rings. The molecule has 2 atom stereocenters. The summed E-state index contributed by atoms with van der Waals surface area (Å²) in [7, 11) is 0. The van der Waals surface area contributed by atoms with E-state index in [1.54, 1.807) is 24.3 Å². The summed E-state index contributed by atoms with van der Waals surface area (Å²) in [5, 5.41) is 18.9. The summed E-state index contributed by atoms with van der Waals surface area (Å²) in [5.41, 5.74) is 0.645. The van der Waals surface area contributed by atoms with Gasteiger partial charge in [-0.3, -0.25) is 4.79 Å². The van der Waals surface area contributed by atoms with Gasteiger partial charge in [-0.25, -0.2) is 0 Å². The van der Waals surface area contributed by atoms with Gasteiger partial charge in [0.2, 0.25) is 0 Å². The Labute approximate surface area is 89.4 Å². The second-order valence-electron chi connectivity index (χ2n) is 3.96. The molecule has 0 aromatic heterocycles. The van der Waals surface area contributed by atoms with Gasteiger partial charge in [-0.15, -0.1) is 0 Å². The van der Waals surface area contributed by atoms with E-state index in [0.29, 0.717) is 5.56 Å². The number of carboxylic acids is 1. The summed E-state index contributed by atoms with van der Waals surface area (Å²) in [4.78, 5) is 11.1. The molecule has 1 aromatic rings. The molecule has 1 aromatic carbocycles. The molecule has 82 valence electrons. The molecule has 15 heavy (non-hydrogen) atoms. The highest BCUT2D eigenvalue weighted by atomic mass is 16.4. The van der Waals surface area contributed by atoms with E-state index in [0.717, 1.165) is 0 Å². The molecular formula is C12H16O3. The van der Waals surface area contributed by atoms with Gasteiger partial charge < -0.3 is 10.2 Å². The zero-order valence-corrected chi connectivity index (χ0v) is 8.92. The SMILES string of the molecule is CC(C)[C@H](O)[C@H](C(=O)O)c1ccccc1. The zero-order valence-electron chi connectivity index (χ0n) is 8.92. The number of hydrogen-bond donors (Lipinski definition) is 2. The maximum Gasteiger partial charge on any atom is 0.313 e. The average molecular weight is 208 g/mol. The van der Waals surface area contributed by atoms with Crippen LogP contribution in [0.15, 0.2) is 30.3 Å². The summed E-state index contributed by atoms with van der Waals surface area (Å²) >= 11 is 0. The van der Waals surface area contributed by atoms with Crippen LogP contribution in [0.5, 0.6) is 0 Å². The fourth-order valence-corrected chi connectivity index (χ4v) is 1.53. The molecule has 0 unspecified atom stereocenters. The second kappa shape index (κ2) is 4.94. The lowest BCUT2D eigenvalue weighted by Gasteiger charge is -2.22. The Hall–Kier alpha value is -1.35. The minimum absolute atomic E-state index is 0.0775. The summed E-state index contributed by atoms with van der Waals surface area (Å²) in [5.74, 6) is -1.90. The van der Waals surface area contributed by atoms with Gasteiger partial charge in [0.15, 0.2) is 0 Å². The first kappa shape index (κ1) is 11.7. The Balaban J connectivity index is 2.99. The van der Waals surface area contributed by atoms with E-state index < -0.39 is 18.0 Å². The number of carboxylic acid groups (broad SMARTS) is 1. The molecule has 0 aliphatic heterocycles. The van der Waals surface area contributed by atoms with E-state index in [4.69, 9.17) is 5.11 Å². The summed E-state index contributed by atoms with van der Waals surface area (Å²) in [6.45, 7) is 3.62. The van der Waals surface area contributed by atoms with Crippen LogP contribution in [-0.2, 0) is 4.79 Å². The normalized spacial score (nSPS) is 14.9. The van der Waals surface area contributed by atoms with E-state index in [2.05, 4.69) is 0 Å². The molecule has 1 rings (SSSR count). The molecule has 0 spiro atoms. The van der Waals surface area contributed by atoms with Crippen LogP contribution in [0.2, 0.25) is 0 Å². The van der Waals surface area contributed by atoms with Gasteiger partial charge in [0.25, 0.3) is 0 Å². The van der Waals surface area contributed by atoms with Crippen molar-refractivity contribution >= 4 is 5.97 Å². The smallest absolute Gasteiger partial charge is 0.313 e. The molecule has 0 saturated heterocycles. The molecule has 0 radical (unpaired) electrons. The van der Waals surface area contributed by atoms with Crippen molar-refractivity contribution in [3.63, 3.8) is 0 Å². The quantitative estimate of drug-likeness (QED) is 0.794. The molecule has 3 nitrogen and oxygen atoms in total. The van der Waals surface area contributed by atoms with Crippen molar-refractivity contribution in [2.75, 3.05) is 0 Å². The molecule has 0 heterocycles. The van der Waals surface area contributed by atoms with Crippen LogP contribution in [0.4, 0.5) is 0 Å². The van der Waals surface area contributed by atoms with Gasteiger partial charge in [0, 0.05) is 0 Å². The van der Waals surface area contributed by atoms with E-state index in [-0.39, 0.29) is 5.92 Å². The van der Waals surface area contributed by atoms with Gasteiger partial charge in [-0.2, -0.15) is 0 Å². The average Bonchev–Trinajstić information content (AvgIpc) is 2.18. The lowest BCUT2D eigenvalue weighted by atomic mass is 9.87. The third-order valence-electron chi connectivity index (χ3n) is 2.45. The lowest BCUT2D eigenvalue weighted by Crippen LogP contribution is -2.30. The number of carbonyl (C=O) groups is 1. The monoisotopic (exact) mass is 208 g/mol. The molecule has 0 amide bonds. The van der Waals surface area contributed by atoms with Gasteiger partial charge in [-0.05, 0) is 11.5 Å². The van der Waals surface area contributed by atoms with Crippen LogP contribution in [0.1, 0.15) is 25.3 Å². The first-order valence-corrected chi connectivity index (χ1v) is 5.00. The van der Waals surface area contributed by atoms with Crippen LogP contribution in [0.25, 0.3) is 0 Å².